The highest BCUT2D eigenvalue weighted by Crippen LogP contribution is 2.39. The number of fused-ring (bicyclic) bond motifs is 1. The molecule has 0 saturated carbocycles. The van der Waals surface area contributed by atoms with Crippen LogP contribution in [-0.4, -0.2) is 24.5 Å². The van der Waals surface area contributed by atoms with Crippen molar-refractivity contribution >= 4 is 29.1 Å². The van der Waals surface area contributed by atoms with Crippen molar-refractivity contribution in [3.8, 4) is 22.9 Å². The summed E-state index contributed by atoms with van der Waals surface area (Å²) in [5, 5.41) is 9.99. The molecule has 1 aliphatic rings. The Balaban J connectivity index is 2.13. The van der Waals surface area contributed by atoms with Crippen LogP contribution in [-0.2, 0) is 6.54 Å². The van der Waals surface area contributed by atoms with Crippen LogP contribution >= 0.6 is 23.2 Å². The fraction of sp³-hybridized carbons (Fsp3) is 0.158. The van der Waals surface area contributed by atoms with Gasteiger partial charge in [0.05, 0.1) is 25.3 Å². The van der Waals surface area contributed by atoms with Crippen molar-refractivity contribution in [3.05, 3.63) is 63.7 Å². The minimum Gasteiger partial charge on any atom is -0.496 e. The number of hydrogen-bond donors (Lipinski definition) is 0. The van der Waals surface area contributed by atoms with Crippen LogP contribution < -0.4 is 4.74 Å². The first-order valence-corrected chi connectivity index (χ1v) is 8.23. The van der Waals surface area contributed by atoms with Crippen LogP contribution in [0.25, 0.3) is 11.1 Å². The minimum absolute atomic E-state index is 0.182. The van der Waals surface area contributed by atoms with Gasteiger partial charge in [-0.05, 0) is 41.0 Å². The number of carbonyl (C=O) groups excluding carboxylic acids is 1. The Bertz CT molecular complexity index is 912. The normalized spacial score (nSPS) is 12.7. The highest BCUT2D eigenvalue weighted by atomic mass is 35.5. The van der Waals surface area contributed by atoms with Crippen molar-refractivity contribution in [2.24, 2.45) is 0 Å². The molecule has 0 bridgehead atoms. The van der Waals surface area contributed by atoms with Gasteiger partial charge in [-0.25, -0.2) is 0 Å². The van der Waals surface area contributed by atoms with E-state index in [4.69, 9.17) is 33.2 Å². The second kappa shape index (κ2) is 6.79. The summed E-state index contributed by atoms with van der Waals surface area (Å²) in [6, 6.07) is 10.9. The third kappa shape index (κ3) is 3.21. The van der Waals surface area contributed by atoms with E-state index in [-0.39, 0.29) is 12.5 Å². The number of halogens is 2. The summed E-state index contributed by atoms with van der Waals surface area (Å²) in [6.07, 6.45) is 0. The average molecular weight is 373 g/mol. The van der Waals surface area contributed by atoms with Gasteiger partial charge in [0.15, 0.2) is 0 Å². The number of hydrogen-bond acceptors (Lipinski definition) is 3. The zero-order valence-electron chi connectivity index (χ0n) is 13.5. The van der Waals surface area contributed by atoms with Gasteiger partial charge in [-0.15, -0.1) is 0 Å². The van der Waals surface area contributed by atoms with E-state index in [1.807, 2.05) is 12.1 Å². The van der Waals surface area contributed by atoms with Gasteiger partial charge >= 0.3 is 0 Å². The Labute approximate surface area is 155 Å². The summed E-state index contributed by atoms with van der Waals surface area (Å²) >= 11 is 12.2. The van der Waals surface area contributed by atoms with Crippen molar-refractivity contribution in [3.63, 3.8) is 0 Å². The van der Waals surface area contributed by atoms with Gasteiger partial charge in [0.25, 0.3) is 5.91 Å². The van der Waals surface area contributed by atoms with E-state index in [0.717, 1.165) is 16.7 Å². The first-order valence-electron chi connectivity index (χ1n) is 7.48. The first kappa shape index (κ1) is 17.3. The standard InChI is InChI=1S/C19H14Cl2N2O2/c1-11(8-22)9-23-10-16-15(12-5-13(20)7-14(21)6-12)3-4-17(25-2)18(16)19(23)24/h3-7H,1,9-10H2,2H3. The number of carbonyl (C=O) groups is 1. The van der Waals surface area contributed by atoms with Crippen molar-refractivity contribution in [1.29, 1.82) is 5.26 Å². The predicted molar refractivity (Wildman–Crippen MR) is 97.9 cm³/mol. The Morgan fingerprint density at radius 3 is 2.60 bits per heavy atom. The topological polar surface area (TPSA) is 53.3 Å². The van der Waals surface area contributed by atoms with E-state index in [0.29, 0.717) is 33.5 Å². The molecule has 126 valence electrons. The number of nitriles is 1. The van der Waals surface area contributed by atoms with Gasteiger partial charge in [-0.1, -0.05) is 35.8 Å². The van der Waals surface area contributed by atoms with Crippen LogP contribution in [0.1, 0.15) is 15.9 Å². The lowest BCUT2D eigenvalue weighted by atomic mass is 9.96. The van der Waals surface area contributed by atoms with Crippen LogP contribution in [0.3, 0.4) is 0 Å². The van der Waals surface area contributed by atoms with E-state index in [1.54, 1.807) is 29.2 Å². The summed E-state index contributed by atoms with van der Waals surface area (Å²) < 4.78 is 5.36. The number of nitrogens with zero attached hydrogens (tertiary/aromatic N) is 2. The molecule has 0 radical (unpaired) electrons. The number of rotatable bonds is 4. The minimum atomic E-state index is -0.182. The molecule has 0 aliphatic carbocycles. The molecule has 1 heterocycles. The molecule has 4 nitrogen and oxygen atoms in total. The number of amides is 1. The summed E-state index contributed by atoms with van der Waals surface area (Å²) in [5.41, 5.74) is 3.34. The van der Waals surface area contributed by atoms with E-state index < -0.39 is 0 Å². The molecular formula is C19H14Cl2N2O2. The molecule has 0 unspecified atom stereocenters. The molecule has 6 heteroatoms. The Hall–Kier alpha value is -2.48. The first-order chi connectivity index (χ1) is 11.9. The van der Waals surface area contributed by atoms with Gasteiger partial charge in [0.2, 0.25) is 0 Å². The van der Waals surface area contributed by atoms with Crippen LogP contribution in [0.15, 0.2) is 42.5 Å². The molecule has 0 fully saturated rings. The quantitative estimate of drug-likeness (QED) is 0.730. The van der Waals surface area contributed by atoms with Crippen LogP contribution in [0.4, 0.5) is 0 Å². The van der Waals surface area contributed by atoms with Crippen molar-refractivity contribution in [2.75, 3.05) is 13.7 Å². The maximum absolute atomic E-state index is 12.8. The second-order valence-corrected chi connectivity index (χ2v) is 6.58. The number of benzene rings is 2. The van der Waals surface area contributed by atoms with Crippen LogP contribution in [0.2, 0.25) is 10.0 Å². The number of ether oxygens (including phenoxy) is 1. The second-order valence-electron chi connectivity index (χ2n) is 5.70. The fourth-order valence-corrected chi connectivity index (χ4v) is 3.52. The smallest absolute Gasteiger partial charge is 0.258 e. The molecule has 25 heavy (non-hydrogen) atoms. The van der Waals surface area contributed by atoms with Crippen LogP contribution in [0, 0.1) is 11.3 Å². The molecule has 0 spiro atoms. The summed E-state index contributed by atoms with van der Waals surface area (Å²) in [4.78, 5) is 14.4. The lowest BCUT2D eigenvalue weighted by Gasteiger charge is -2.14. The van der Waals surface area contributed by atoms with Crippen molar-refractivity contribution in [2.45, 2.75) is 6.54 Å². The third-order valence-corrected chi connectivity index (χ3v) is 4.49. The maximum Gasteiger partial charge on any atom is 0.258 e. The molecule has 0 aromatic heterocycles. The van der Waals surface area contributed by atoms with E-state index in [9.17, 15) is 4.79 Å². The average Bonchev–Trinajstić information content (AvgIpc) is 2.90. The van der Waals surface area contributed by atoms with E-state index >= 15 is 0 Å². The predicted octanol–water partition coefficient (Wildman–Crippen LogP) is 4.70. The van der Waals surface area contributed by atoms with Crippen molar-refractivity contribution in [1.82, 2.24) is 4.90 Å². The van der Waals surface area contributed by atoms with Gasteiger partial charge in [-0.3, -0.25) is 4.79 Å². The largest absolute Gasteiger partial charge is 0.496 e. The molecule has 1 aliphatic heterocycles. The summed E-state index contributed by atoms with van der Waals surface area (Å²) in [7, 11) is 1.52. The molecule has 0 N–H and O–H groups in total. The zero-order chi connectivity index (χ0) is 18.1. The van der Waals surface area contributed by atoms with E-state index in [2.05, 4.69) is 6.58 Å². The van der Waals surface area contributed by atoms with E-state index in [1.165, 1.54) is 7.11 Å². The molecule has 0 atom stereocenters. The van der Waals surface area contributed by atoms with Gasteiger partial charge < -0.3 is 9.64 Å². The Kier molecular flexibility index (Phi) is 4.71. The zero-order valence-corrected chi connectivity index (χ0v) is 15.0. The summed E-state index contributed by atoms with van der Waals surface area (Å²) in [6.45, 7) is 4.21. The maximum atomic E-state index is 12.8. The van der Waals surface area contributed by atoms with Crippen LogP contribution in [0.5, 0.6) is 5.75 Å². The van der Waals surface area contributed by atoms with Gasteiger partial charge in [0, 0.05) is 22.2 Å². The van der Waals surface area contributed by atoms with Gasteiger partial charge in [0.1, 0.15) is 5.75 Å². The monoisotopic (exact) mass is 372 g/mol. The lowest BCUT2D eigenvalue weighted by molar-refractivity contribution is 0.0791. The molecule has 0 saturated heterocycles. The van der Waals surface area contributed by atoms with Gasteiger partial charge in [-0.2, -0.15) is 5.26 Å². The van der Waals surface area contributed by atoms with Crippen molar-refractivity contribution < 1.29 is 9.53 Å². The highest BCUT2D eigenvalue weighted by Gasteiger charge is 2.33. The molecular weight excluding hydrogens is 359 g/mol. The molecule has 3 rings (SSSR count). The summed E-state index contributed by atoms with van der Waals surface area (Å²) in [5.74, 6) is 0.320. The highest BCUT2D eigenvalue weighted by molar-refractivity contribution is 6.35. The number of methoxy groups -OCH3 is 1. The fourth-order valence-electron chi connectivity index (χ4n) is 2.99. The lowest BCUT2D eigenvalue weighted by Crippen LogP contribution is -2.25. The third-order valence-electron chi connectivity index (χ3n) is 4.06. The Morgan fingerprint density at radius 1 is 1.32 bits per heavy atom. The SMILES string of the molecule is C=C(C#N)CN1Cc2c(-c3cc(Cl)cc(Cl)c3)ccc(OC)c2C1=O. The molecule has 1 amide bonds. The Morgan fingerprint density at radius 2 is 2.00 bits per heavy atom. The molecule has 2 aromatic rings. The molecule has 2 aromatic carbocycles.